The molecule has 0 radical (unpaired) electrons. The Bertz CT molecular complexity index is 336. The lowest BCUT2D eigenvalue weighted by Crippen LogP contribution is -1.91. The van der Waals surface area contributed by atoms with Crippen LogP contribution >= 0.6 is 7.53 Å². The van der Waals surface area contributed by atoms with E-state index in [4.69, 9.17) is 0 Å². The minimum atomic E-state index is -0.265. The molecular formula is C12H19OP. The lowest BCUT2D eigenvalue weighted by Gasteiger charge is -2.02. The molecule has 0 spiro atoms. The van der Waals surface area contributed by atoms with Crippen LogP contribution in [-0.4, -0.2) is 5.78 Å². The molecule has 78 valence electrons. The summed E-state index contributed by atoms with van der Waals surface area (Å²) in [4.78, 5) is 11.5. The van der Waals surface area contributed by atoms with Crippen molar-refractivity contribution in [2.45, 2.75) is 46.7 Å². The third-order valence-electron chi connectivity index (χ3n) is 2.67. The molecule has 1 aromatic heterocycles. The highest BCUT2D eigenvalue weighted by Crippen LogP contribution is 2.41. The molecule has 1 unspecified atom stereocenters. The molecule has 2 heteroatoms. The second-order valence-corrected chi connectivity index (χ2v) is 5.98. The number of aryl methyl sites for hydroxylation is 2. The second kappa shape index (κ2) is 4.79. The number of Topliss-reactive ketones (excluding diaryl/α,β-unsaturated/α-hetero) is 1. The summed E-state index contributed by atoms with van der Waals surface area (Å²) < 4.78 is 0. The van der Waals surface area contributed by atoms with Gasteiger partial charge in [-0.25, -0.2) is 0 Å². The topological polar surface area (TPSA) is 17.1 Å². The molecule has 0 saturated carbocycles. The van der Waals surface area contributed by atoms with Crippen molar-refractivity contribution in [3.8, 4) is 0 Å². The van der Waals surface area contributed by atoms with Gasteiger partial charge in [0.25, 0.3) is 0 Å². The summed E-state index contributed by atoms with van der Waals surface area (Å²) in [6, 6.07) is 0. The Morgan fingerprint density at radius 1 is 1.43 bits per heavy atom. The molecule has 0 N–H and O–H groups in total. The van der Waals surface area contributed by atoms with Crippen molar-refractivity contribution in [3.63, 3.8) is 0 Å². The smallest absolute Gasteiger partial charge is 0.164 e. The SMILES string of the molecule is CCCCp1cc(C)c(C)c1C(C)=O. The third kappa shape index (κ3) is 2.27. The van der Waals surface area contributed by atoms with Crippen LogP contribution in [0.15, 0.2) is 5.80 Å². The molecule has 0 aliphatic heterocycles. The molecule has 0 fully saturated rings. The minimum Gasteiger partial charge on any atom is -0.294 e. The van der Waals surface area contributed by atoms with Crippen molar-refractivity contribution in [2.24, 2.45) is 0 Å². The Morgan fingerprint density at radius 3 is 2.57 bits per heavy atom. The van der Waals surface area contributed by atoms with Crippen LogP contribution in [0.2, 0.25) is 0 Å². The van der Waals surface area contributed by atoms with Crippen molar-refractivity contribution in [1.82, 2.24) is 0 Å². The highest BCUT2D eigenvalue weighted by Gasteiger charge is 2.13. The van der Waals surface area contributed by atoms with Crippen molar-refractivity contribution < 1.29 is 4.79 Å². The average Bonchev–Trinajstić information content (AvgIpc) is 2.39. The maximum atomic E-state index is 11.5. The van der Waals surface area contributed by atoms with Crippen LogP contribution in [0.3, 0.4) is 0 Å². The summed E-state index contributed by atoms with van der Waals surface area (Å²) in [5.41, 5.74) is 2.55. The lowest BCUT2D eigenvalue weighted by atomic mass is 10.1. The fourth-order valence-electron chi connectivity index (χ4n) is 1.77. The van der Waals surface area contributed by atoms with Gasteiger partial charge < -0.3 is 0 Å². The Balaban J connectivity index is 3.03. The van der Waals surface area contributed by atoms with Gasteiger partial charge in [0, 0.05) is 5.30 Å². The molecule has 1 nitrogen and oxygen atoms in total. The van der Waals surface area contributed by atoms with Crippen LogP contribution in [0, 0.1) is 13.8 Å². The van der Waals surface area contributed by atoms with Crippen LogP contribution in [0.1, 0.15) is 47.9 Å². The minimum absolute atomic E-state index is 0.265. The van der Waals surface area contributed by atoms with Crippen LogP contribution in [0.25, 0.3) is 0 Å². The van der Waals surface area contributed by atoms with Gasteiger partial charge in [-0.15, -0.1) is 7.53 Å². The Morgan fingerprint density at radius 2 is 2.07 bits per heavy atom. The van der Waals surface area contributed by atoms with E-state index in [1.54, 1.807) is 6.92 Å². The first kappa shape index (κ1) is 11.5. The van der Waals surface area contributed by atoms with E-state index in [0.717, 1.165) is 5.30 Å². The first-order valence-electron chi connectivity index (χ1n) is 5.25. The number of unbranched alkanes of at least 4 members (excludes halogenated alkanes) is 1. The first-order chi connectivity index (χ1) is 6.57. The molecule has 0 aliphatic carbocycles. The lowest BCUT2D eigenvalue weighted by molar-refractivity contribution is 0.102. The van der Waals surface area contributed by atoms with Gasteiger partial charge in [-0.2, -0.15) is 0 Å². The summed E-state index contributed by atoms with van der Waals surface area (Å²) in [7, 11) is -0.265. The van der Waals surface area contributed by atoms with E-state index in [2.05, 4.69) is 26.6 Å². The van der Waals surface area contributed by atoms with Gasteiger partial charge in [0.05, 0.1) is 0 Å². The molecule has 0 aliphatic rings. The predicted molar refractivity (Wildman–Crippen MR) is 63.5 cm³/mol. The summed E-state index contributed by atoms with van der Waals surface area (Å²) in [5, 5.41) is 1.12. The largest absolute Gasteiger partial charge is 0.294 e. The third-order valence-corrected chi connectivity index (χ3v) is 5.39. The van der Waals surface area contributed by atoms with Crippen molar-refractivity contribution in [1.29, 1.82) is 0 Å². The first-order valence-corrected chi connectivity index (χ1v) is 6.84. The maximum Gasteiger partial charge on any atom is 0.164 e. The molecule has 0 bridgehead atoms. The van der Waals surface area contributed by atoms with E-state index < -0.39 is 0 Å². The van der Waals surface area contributed by atoms with Crippen LogP contribution in [0.5, 0.6) is 0 Å². The zero-order chi connectivity index (χ0) is 10.7. The van der Waals surface area contributed by atoms with Gasteiger partial charge in [-0.3, -0.25) is 4.79 Å². The van der Waals surface area contributed by atoms with Gasteiger partial charge in [0.2, 0.25) is 0 Å². The quantitative estimate of drug-likeness (QED) is 0.677. The van der Waals surface area contributed by atoms with E-state index in [9.17, 15) is 4.79 Å². The zero-order valence-electron chi connectivity index (χ0n) is 9.55. The summed E-state index contributed by atoms with van der Waals surface area (Å²) in [5.74, 6) is 2.59. The molecule has 14 heavy (non-hydrogen) atoms. The second-order valence-electron chi connectivity index (χ2n) is 3.89. The number of carbonyl (C=O) groups excluding carboxylic acids is 1. The van der Waals surface area contributed by atoms with Gasteiger partial charge in [0.15, 0.2) is 5.78 Å². The Hall–Kier alpha value is -0.550. The fourth-order valence-corrected chi connectivity index (χ4v) is 4.58. The number of carbonyl (C=O) groups is 1. The van der Waals surface area contributed by atoms with E-state index in [-0.39, 0.29) is 13.3 Å². The van der Waals surface area contributed by atoms with Crippen molar-refractivity contribution >= 4 is 13.3 Å². The highest BCUT2D eigenvalue weighted by molar-refractivity contribution is 7.50. The number of hydrogen-bond donors (Lipinski definition) is 0. The molecule has 1 rings (SSSR count). The standard InChI is InChI=1S/C12H19OP/c1-5-6-7-14-8-9(2)10(3)12(14)11(4)13/h8H,5-7H2,1-4H3. The molecule has 0 amide bonds. The van der Waals surface area contributed by atoms with Gasteiger partial charge in [0.1, 0.15) is 0 Å². The van der Waals surface area contributed by atoms with Crippen LogP contribution < -0.4 is 0 Å². The Labute approximate surface area is 87.6 Å². The summed E-state index contributed by atoms with van der Waals surface area (Å²) in [6.07, 6.45) is 3.64. The van der Waals surface area contributed by atoms with Gasteiger partial charge in [-0.1, -0.05) is 13.3 Å². The number of ketones is 1. The van der Waals surface area contributed by atoms with Crippen LogP contribution in [0.4, 0.5) is 0 Å². The molecule has 1 atom stereocenters. The monoisotopic (exact) mass is 210 g/mol. The molecule has 0 saturated heterocycles. The highest BCUT2D eigenvalue weighted by atomic mass is 31.1. The van der Waals surface area contributed by atoms with Gasteiger partial charge >= 0.3 is 0 Å². The zero-order valence-corrected chi connectivity index (χ0v) is 10.4. The normalized spacial score (nSPS) is 11.9. The number of hydrogen-bond acceptors (Lipinski definition) is 1. The fraction of sp³-hybridized carbons (Fsp3) is 0.583. The predicted octanol–water partition coefficient (Wildman–Crippen LogP) is 4.29. The van der Waals surface area contributed by atoms with Crippen molar-refractivity contribution in [3.05, 3.63) is 22.2 Å². The number of rotatable bonds is 4. The van der Waals surface area contributed by atoms with Gasteiger partial charge in [-0.05, 0) is 50.3 Å². The van der Waals surface area contributed by atoms with E-state index in [1.807, 2.05) is 0 Å². The molecule has 0 aromatic carbocycles. The Kier molecular flexibility index (Phi) is 3.95. The molecular weight excluding hydrogens is 191 g/mol. The molecule has 1 aromatic rings. The summed E-state index contributed by atoms with van der Waals surface area (Å²) >= 11 is 0. The van der Waals surface area contributed by atoms with Crippen LogP contribution in [-0.2, 0) is 6.16 Å². The average molecular weight is 210 g/mol. The van der Waals surface area contributed by atoms with E-state index >= 15 is 0 Å². The summed E-state index contributed by atoms with van der Waals surface area (Å²) in [6.45, 7) is 8.10. The maximum absolute atomic E-state index is 11.5. The molecule has 1 heterocycles. The van der Waals surface area contributed by atoms with E-state index in [0.29, 0.717) is 0 Å². The van der Waals surface area contributed by atoms with E-state index in [1.165, 1.54) is 30.1 Å². The van der Waals surface area contributed by atoms with Crippen molar-refractivity contribution in [2.75, 3.05) is 0 Å².